The van der Waals surface area contributed by atoms with Gasteiger partial charge in [0.1, 0.15) is 5.82 Å². The first-order valence-corrected chi connectivity index (χ1v) is 14.7. The zero-order valence-corrected chi connectivity index (χ0v) is 24.2. The first kappa shape index (κ1) is 27.9. The minimum Gasteiger partial charge on any atom is -0.331 e. The Kier molecular flexibility index (Phi) is 9.12. The lowest BCUT2D eigenvalue weighted by molar-refractivity contribution is -0.127. The summed E-state index contributed by atoms with van der Waals surface area (Å²) in [7, 11) is 0. The van der Waals surface area contributed by atoms with Crippen LogP contribution in [0.15, 0.2) is 78.9 Å². The molecule has 0 unspecified atom stereocenters. The van der Waals surface area contributed by atoms with Gasteiger partial charge in [-0.3, -0.25) is 9.69 Å². The minimum atomic E-state index is 0.0149. The van der Waals surface area contributed by atoms with Crippen molar-refractivity contribution in [1.82, 2.24) is 19.4 Å². The summed E-state index contributed by atoms with van der Waals surface area (Å²) in [6.45, 7) is 11.6. The van der Waals surface area contributed by atoms with Gasteiger partial charge in [0, 0.05) is 25.7 Å². The Balaban J connectivity index is 1.44. The number of hydrogen-bond donors (Lipinski definition) is 0. The van der Waals surface area contributed by atoms with Gasteiger partial charge in [-0.1, -0.05) is 80.9 Å². The van der Waals surface area contributed by atoms with E-state index in [0.29, 0.717) is 19.0 Å². The number of rotatable bonds is 10. The van der Waals surface area contributed by atoms with Crippen LogP contribution in [0, 0.1) is 12.8 Å². The molecule has 40 heavy (non-hydrogen) atoms. The zero-order valence-electron chi connectivity index (χ0n) is 24.2. The number of aryl methyl sites for hydroxylation is 1. The van der Waals surface area contributed by atoms with E-state index in [9.17, 15) is 4.79 Å². The SMILES string of the molecule is Cc1ccccc1/C=C/C(=O)N(Cc1nc2ccccc2n1Cc1ccccc1CN1CCCCC1)CC(C)C. The summed E-state index contributed by atoms with van der Waals surface area (Å²) in [5.74, 6) is 1.28. The monoisotopic (exact) mass is 534 g/mol. The second-order valence-electron chi connectivity index (χ2n) is 11.5. The maximum Gasteiger partial charge on any atom is 0.246 e. The highest BCUT2D eigenvalue weighted by molar-refractivity contribution is 5.92. The Hall–Kier alpha value is -3.70. The molecule has 0 saturated carbocycles. The summed E-state index contributed by atoms with van der Waals surface area (Å²) >= 11 is 0. The second kappa shape index (κ2) is 13.1. The topological polar surface area (TPSA) is 41.4 Å². The highest BCUT2D eigenvalue weighted by Crippen LogP contribution is 2.23. The van der Waals surface area contributed by atoms with Gasteiger partial charge in [-0.15, -0.1) is 0 Å². The van der Waals surface area contributed by atoms with E-state index in [-0.39, 0.29) is 5.91 Å². The van der Waals surface area contributed by atoms with Gasteiger partial charge in [0.05, 0.1) is 17.6 Å². The van der Waals surface area contributed by atoms with Crippen molar-refractivity contribution in [2.75, 3.05) is 19.6 Å². The predicted octanol–water partition coefficient (Wildman–Crippen LogP) is 7.08. The smallest absolute Gasteiger partial charge is 0.246 e. The molecule has 4 aromatic rings. The molecule has 208 valence electrons. The largest absolute Gasteiger partial charge is 0.331 e. The third kappa shape index (κ3) is 6.89. The molecule has 1 amide bonds. The molecule has 0 aliphatic carbocycles. The highest BCUT2D eigenvalue weighted by Gasteiger charge is 2.20. The summed E-state index contributed by atoms with van der Waals surface area (Å²) in [5.41, 5.74) is 7.00. The number of aromatic nitrogens is 2. The first-order valence-electron chi connectivity index (χ1n) is 14.7. The molecule has 0 bridgehead atoms. The van der Waals surface area contributed by atoms with Crippen LogP contribution in [-0.4, -0.2) is 44.9 Å². The molecule has 3 aromatic carbocycles. The zero-order chi connectivity index (χ0) is 27.9. The van der Waals surface area contributed by atoms with Crippen LogP contribution in [0.5, 0.6) is 0 Å². The number of likely N-dealkylation sites (tertiary alicyclic amines) is 1. The predicted molar refractivity (Wildman–Crippen MR) is 165 cm³/mol. The van der Waals surface area contributed by atoms with Crippen LogP contribution in [0.4, 0.5) is 0 Å². The van der Waals surface area contributed by atoms with Gasteiger partial charge in [-0.05, 0) is 79.2 Å². The summed E-state index contributed by atoms with van der Waals surface area (Å²) in [4.78, 5) is 23.1. The third-order valence-corrected chi connectivity index (χ3v) is 7.85. The van der Waals surface area contributed by atoms with E-state index in [1.165, 1.54) is 43.5 Å². The van der Waals surface area contributed by atoms with Crippen molar-refractivity contribution in [2.24, 2.45) is 5.92 Å². The van der Waals surface area contributed by atoms with Gasteiger partial charge in [-0.2, -0.15) is 0 Å². The molecular weight excluding hydrogens is 492 g/mol. The molecule has 1 aliphatic heterocycles. The van der Waals surface area contributed by atoms with Crippen LogP contribution >= 0.6 is 0 Å². The molecule has 5 rings (SSSR count). The van der Waals surface area contributed by atoms with E-state index in [0.717, 1.165) is 41.1 Å². The number of benzene rings is 3. The molecule has 0 atom stereocenters. The number of amides is 1. The minimum absolute atomic E-state index is 0.0149. The number of carbonyl (C=O) groups is 1. The number of imidazole rings is 1. The van der Waals surface area contributed by atoms with Crippen molar-refractivity contribution < 1.29 is 4.79 Å². The van der Waals surface area contributed by atoms with Crippen LogP contribution in [0.1, 0.15) is 61.2 Å². The average Bonchev–Trinajstić information content (AvgIpc) is 3.30. The molecular formula is C35H42N4O. The molecule has 1 aromatic heterocycles. The van der Waals surface area contributed by atoms with E-state index in [4.69, 9.17) is 4.98 Å². The average molecular weight is 535 g/mol. The van der Waals surface area contributed by atoms with Crippen molar-refractivity contribution in [2.45, 2.75) is 59.7 Å². The molecule has 5 nitrogen and oxygen atoms in total. The maximum atomic E-state index is 13.5. The Morgan fingerprint density at radius 2 is 1.57 bits per heavy atom. The van der Waals surface area contributed by atoms with Gasteiger partial charge in [0.2, 0.25) is 5.91 Å². The van der Waals surface area contributed by atoms with E-state index in [2.05, 4.69) is 78.8 Å². The van der Waals surface area contributed by atoms with E-state index < -0.39 is 0 Å². The Labute approximate surface area is 239 Å². The quantitative estimate of drug-likeness (QED) is 0.204. The fraction of sp³-hybridized carbons (Fsp3) is 0.371. The Morgan fingerprint density at radius 1 is 0.900 bits per heavy atom. The van der Waals surface area contributed by atoms with Crippen LogP contribution in [-0.2, 0) is 24.4 Å². The normalized spacial score (nSPS) is 14.4. The van der Waals surface area contributed by atoms with Crippen LogP contribution < -0.4 is 0 Å². The Morgan fingerprint density at radius 3 is 2.33 bits per heavy atom. The number of para-hydroxylation sites is 2. The van der Waals surface area contributed by atoms with Crippen molar-refractivity contribution >= 4 is 23.0 Å². The van der Waals surface area contributed by atoms with Gasteiger partial charge < -0.3 is 9.47 Å². The molecule has 1 aliphatic rings. The van der Waals surface area contributed by atoms with E-state index >= 15 is 0 Å². The summed E-state index contributed by atoms with van der Waals surface area (Å²) in [5, 5.41) is 0. The van der Waals surface area contributed by atoms with Crippen molar-refractivity contribution in [1.29, 1.82) is 0 Å². The molecule has 1 saturated heterocycles. The lowest BCUT2D eigenvalue weighted by atomic mass is 10.0. The van der Waals surface area contributed by atoms with Crippen molar-refractivity contribution in [3.8, 4) is 0 Å². The number of hydrogen-bond acceptors (Lipinski definition) is 3. The third-order valence-electron chi connectivity index (χ3n) is 7.85. The summed E-state index contributed by atoms with van der Waals surface area (Å²) in [6, 6.07) is 25.3. The van der Waals surface area contributed by atoms with Crippen LogP contribution in [0.3, 0.4) is 0 Å². The van der Waals surface area contributed by atoms with Crippen molar-refractivity contribution in [3.63, 3.8) is 0 Å². The van der Waals surface area contributed by atoms with Crippen LogP contribution in [0.25, 0.3) is 17.1 Å². The highest BCUT2D eigenvalue weighted by atomic mass is 16.2. The number of nitrogens with zero attached hydrogens (tertiary/aromatic N) is 4. The lowest BCUT2D eigenvalue weighted by Crippen LogP contribution is -2.33. The maximum absolute atomic E-state index is 13.5. The lowest BCUT2D eigenvalue weighted by Gasteiger charge is -2.27. The second-order valence-corrected chi connectivity index (χ2v) is 11.5. The summed E-state index contributed by atoms with van der Waals surface area (Å²) < 4.78 is 2.32. The molecule has 2 heterocycles. The first-order chi connectivity index (χ1) is 19.5. The fourth-order valence-electron chi connectivity index (χ4n) is 5.70. The fourth-order valence-corrected chi connectivity index (χ4v) is 5.70. The van der Waals surface area contributed by atoms with Gasteiger partial charge in [-0.25, -0.2) is 4.98 Å². The van der Waals surface area contributed by atoms with Gasteiger partial charge in [0.15, 0.2) is 0 Å². The molecule has 1 fully saturated rings. The number of fused-ring (bicyclic) bond motifs is 1. The van der Waals surface area contributed by atoms with Crippen LogP contribution in [0.2, 0.25) is 0 Å². The Bertz CT molecular complexity index is 1460. The molecule has 5 heteroatoms. The van der Waals surface area contributed by atoms with E-state index in [1.54, 1.807) is 6.08 Å². The number of piperidine rings is 1. The summed E-state index contributed by atoms with van der Waals surface area (Å²) in [6.07, 6.45) is 7.57. The van der Waals surface area contributed by atoms with E-state index in [1.807, 2.05) is 35.2 Å². The molecule has 0 radical (unpaired) electrons. The molecule has 0 N–H and O–H groups in total. The standard InChI is InChI=1S/C35H42N4O/c1-27(2)23-38(35(40)20-19-29-14-6-5-13-28(29)3)26-34-36-32-17-9-10-18-33(32)39(34)25-31-16-8-7-15-30(31)24-37-21-11-4-12-22-37/h5-10,13-20,27H,4,11-12,21-26H2,1-3H3/b20-19+. The molecule has 0 spiro atoms. The van der Waals surface area contributed by atoms with Gasteiger partial charge in [0.25, 0.3) is 0 Å². The van der Waals surface area contributed by atoms with Gasteiger partial charge >= 0.3 is 0 Å². The number of carbonyl (C=O) groups excluding carboxylic acids is 1. The van der Waals surface area contributed by atoms with Crippen molar-refractivity contribution in [3.05, 3.63) is 107 Å².